The number of aryl methyl sites for hydroxylation is 1. The summed E-state index contributed by atoms with van der Waals surface area (Å²) in [5.74, 6) is 0.854. The minimum atomic E-state index is 0.148. The second-order valence-electron chi connectivity index (χ2n) is 4.74. The van der Waals surface area contributed by atoms with Crippen LogP contribution in [0.1, 0.15) is 17.5 Å². The van der Waals surface area contributed by atoms with Crippen LogP contribution in [0.3, 0.4) is 0 Å². The summed E-state index contributed by atoms with van der Waals surface area (Å²) in [5, 5.41) is 4.05. The Morgan fingerprint density at radius 3 is 2.55 bits per heavy atom. The van der Waals surface area contributed by atoms with E-state index in [1.165, 1.54) is 5.56 Å². The third-order valence-electron chi connectivity index (χ3n) is 2.99. The molecule has 0 aliphatic carbocycles. The van der Waals surface area contributed by atoms with E-state index < -0.39 is 0 Å². The number of thiocarbonyl (C=S) groups is 1. The molecule has 0 aromatic heterocycles. The number of ether oxygens (including phenoxy) is 1. The predicted octanol–water partition coefficient (Wildman–Crippen LogP) is 2.87. The van der Waals surface area contributed by atoms with Gasteiger partial charge in [0.1, 0.15) is 5.75 Å². The first-order valence-corrected chi connectivity index (χ1v) is 7.50. The van der Waals surface area contributed by atoms with Gasteiger partial charge in [-0.1, -0.05) is 30.3 Å². The van der Waals surface area contributed by atoms with Gasteiger partial charge in [-0.2, -0.15) is 5.10 Å². The molecule has 0 heterocycles. The topological polar surface area (TPSA) is 59.6 Å². The molecule has 0 saturated heterocycles. The summed E-state index contributed by atoms with van der Waals surface area (Å²) >= 11 is 4.66. The average Bonchev–Trinajstić information content (AvgIpc) is 2.54. The number of hydrazone groups is 1. The van der Waals surface area contributed by atoms with Gasteiger partial charge in [-0.25, -0.2) is 0 Å². The molecule has 114 valence electrons. The SMILES string of the molecule is NC(=S)NN=Cc1ccc(OCCCc2ccccc2)cc1. The Morgan fingerprint density at radius 1 is 1.14 bits per heavy atom. The zero-order valence-corrected chi connectivity index (χ0v) is 13.1. The minimum absolute atomic E-state index is 0.148. The number of benzene rings is 2. The zero-order valence-electron chi connectivity index (χ0n) is 12.2. The number of hydrogen-bond donors (Lipinski definition) is 2. The molecule has 0 saturated carbocycles. The molecule has 4 nitrogen and oxygen atoms in total. The fourth-order valence-electron chi connectivity index (χ4n) is 1.93. The van der Waals surface area contributed by atoms with Crippen LogP contribution in [0.25, 0.3) is 0 Å². The lowest BCUT2D eigenvalue weighted by atomic mass is 10.1. The second kappa shape index (κ2) is 8.79. The van der Waals surface area contributed by atoms with Crippen LogP contribution in [0.15, 0.2) is 59.7 Å². The largest absolute Gasteiger partial charge is 0.494 e. The Labute approximate surface area is 136 Å². The van der Waals surface area contributed by atoms with E-state index in [1.54, 1.807) is 6.21 Å². The Kier molecular flexibility index (Phi) is 6.39. The van der Waals surface area contributed by atoms with E-state index in [2.05, 4.69) is 47.0 Å². The minimum Gasteiger partial charge on any atom is -0.494 e. The molecule has 0 amide bonds. The van der Waals surface area contributed by atoms with Crippen molar-refractivity contribution < 1.29 is 4.74 Å². The predicted molar refractivity (Wildman–Crippen MR) is 94.2 cm³/mol. The average molecular weight is 313 g/mol. The summed E-state index contributed by atoms with van der Waals surface area (Å²) in [7, 11) is 0. The second-order valence-corrected chi connectivity index (χ2v) is 5.18. The highest BCUT2D eigenvalue weighted by molar-refractivity contribution is 7.80. The number of nitrogens with two attached hydrogens (primary N) is 1. The van der Waals surface area contributed by atoms with Crippen molar-refractivity contribution in [2.75, 3.05) is 6.61 Å². The molecule has 0 unspecified atom stereocenters. The van der Waals surface area contributed by atoms with Gasteiger partial charge in [-0.3, -0.25) is 5.43 Å². The van der Waals surface area contributed by atoms with Gasteiger partial charge in [0.05, 0.1) is 12.8 Å². The van der Waals surface area contributed by atoms with Gasteiger partial charge in [-0.15, -0.1) is 0 Å². The van der Waals surface area contributed by atoms with Crippen LogP contribution in [0.2, 0.25) is 0 Å². The lowest BCUT2D eigenvalue weighted by Crippen LogP contribution is -2.23. The lowest BCUT2D eigenvalue weighted by molar-refractivity contribution is 0.311. The number of nitrogens with zero attached hydrogens (tertiary/aromatic N) is 1. The van der Waals surface area contributed by atoms with Crippen LogP contribution >= 0.6 is 12.2 Å². The third-order valence-corrected chi connectivity index (χ3v) is 3.08. The smallest absolute Gasteiger partial charge is 0.184 e. The van der Waals surface area contributed by atoms with Gasteiger partial charge in [0.2, 0.25) is 0 Å². The van der Waals surface area contributed by atoms with Crippen molar-refractivity contribution in [3.05, 3.63) is 65.7 Å². The molecule has 2 aromatic carbocycles. The maximum absolute atomic E-state index is 5.72. The van der Waals surface area contributed by atoms with E-state index in [9.17, 15) is 0 Å². The molecule has 0 fully saturated rings. The fourth-order valence-corrected chi connectivity index (χ4v) is 1.98. The van der Waals surface area contributed by atoms with Crippen molar-refractivity contribution in [3.8, 4) is 5.75 Å². The van der Waals surface area contributed by atoms with Gasteiger partial charge in [-0.05, 0) is 60.5 Å². The quantitative estimate of drug-likeness (QED) is 0.357. The van der Waals surface area contributed by atoms with E-state index in [0.717, 1.165) is 24.2 Å². The molecular weight excluding hydrogens is 294 g/mol. The molecule has 2 rings (SSSR count). The Morgan fingerprint density at radius 2 is 1.86 bits per heavy atom. The number of rotatable bonds is 7. The zero-order chi connectivity index (χ0) is 15.6. The molecule has 0 atom stereocenters. The molecular formula is C17H19N3OS. The normalized spacial score (nSPS) is 10.5. The van der Waals surface area contributed by atoms with Crippen molar-refractivity contribution in [2.24, 2.45) is 10.8 Å². The van der Waals surface area contributed by atoms with Gasteiger partial charge >= 0.3 is 0 Å². The van der Waals surface area contributed by atoms with E-state index in [-0.39, 0.29) is 5.11 Å². The van der Waals surface area contributed by atoms with Crippen molar-refractivity contribution in [3.63, 3.8) is 0 Å². The van der Waals surface area contributed by atoms with E-state index in [4.69, 9.17) is 10.5 Å². The Balaban J connectivity index is 1.72. The van der Waals surface area contributed by atoms with Crippen LogP contribution in [0, 0.1) is 0 Å². The van der Waals surface area contributed by atoms with E-state index >= 15 is 0 Å². The third kappa shape index (κ3) is 5.93. The first-order valence-electron chi connectivity index (χ1n) is 7.09. The molecule has 0 bridgehead atoms. The molecule has 0 radical (unpaired) electrons. The summed E-state index contributed by atoms with van der Waals surface area (Å²) in [6.45, 7) is 0.700. The molecule has 0 spiro atoms. The highest BCUT2D eigenvalue weighted by atomic mass is 32.1. The van der Waals surface area contributed by atoms with Crippen LogP contribution in [-0.2, 0) is 6.42 Å². The van der Waals surface area contributed by atoms with E-state index in [0.29, 0.717) is 6.61 Å². The lowest BCUT2D eigenvalue weighted by Gasteiger charge is -2.06. The van der Waals surface area contributed by atoms with Crippen LogP contribution in [0.5, 0.6) is 5.75 Å². The first-order chi connectivity index (χ1) is 10.7. The highest BCUT2D eigenvalue weighted by Gasteiger charge is 1.96. The van der Waals surface area contributed by atoms with Crippen molar-refractivity contribution in [2.45, 2.75) is 12.8 Å². The van der Waals surface area contributed by atoms with Crippen LogP contribution in [0.4, 0.5) is 0 Å². The summed E-state index contributed by atoms with van der Waals surface area (Å²) in [5.41, 5.74) is 10.1. The molecule has 2 aromatic rings. The standard InChI is InChI=1S/C17H19N3OS/c18-17(22)20-19-13-15-8-10-16(11-9-15)21-12-4-7-14-5-2-1-3-6-14/h1-3,5-6,8-11,13H,4,7,12H2,(H3,18,20,22). The molecule has 0 aliphatic rings. The summed E-state index contributed by atoms with van der Waals surface area (Å²) in [6.07, 6.45) is 3.67. The Bertz CT molecular complexity index is 612. The maximum atomic E-state index is 5.72. The molecule has 0 aliphatic heterocycles. The van der Waals surface area contributed by atoms with Gasteiger partial charge in [0, 0.05) is 0 Å². The van der Waals surface area contributed by atoms with Gasteiger partial charge in [0.25, 0.3) is 0 Å². The van der Waals surface area contributed by atoms with Crippen molar-refractivity contribution >= 4 is 23.5 Å². The monoisotopic (exact) mass is 313 g/mol. The van der Waals surface area contributed by atoms with Gasteiger partial charge < -0.3 is 10.5 Å². The number of nitrogens with one attached hydrogen (secondary N) is 1. The molecule has 22 heavy (non-hydrogen) atoms. The maximum Gasteiger partial charge on any atom is 0.184 e. The molecule has 5 heteroatoms. The summed E-state index contributed by atoms with van der Waals surface area (Å²) in [4.78, 5) is 0. The number of hydrogen-bond acceptors (Lipinski definition) is 3. The van der Waals surface area contributed by atoms with E-state index in [1.807, 2.05) is 30.3 Å². The fraction of sp³-hybridized carbons (Fsp3) is 0.176. The van der Waals surface area contributed by atoms with Crippen LogP contribution < -0.4 is 15.9 Å². The summed E-state index contributed by atoms with van der Waals surface area (Å²) in [6, 6.07) is 18.1. The van der Waals surface area contributed by atoms with Gasteiger partial charge in [0.15, 0.2) is 5.11 Å². The summed E-state index contributed by atoms with van der Waals surface area (Å²) < 4.78 is 5.72. The van der Waals surface area contributed by atoms with Crippen molar-refractivity contribution in [1.29, 1.82) is 0 Å². The van der Waals surface area contributed by atoms with Crippen molar-refractivity contribution in [1.82, 2.24) is 5.43 Å². The molecule has 3 N–H and O–H groups in total. The first kappa shape index (κ1) is 16.0. The Hall–Kier alpha value is -2.40. The van der Waals surface area contributed by atoms with Crippen LogP contribution in [-0.4, -0.2) is 17.9 Å². The highest BCUT2D eigenvalue weighted by Crippen LogP contribution is 2.12.